The highest BCUT2D eigenvalue weighted by Gasteiger charge is 2.23. The summed E-state index contributed by atoms with van der Waals surface area (Å²) in [6.45, 7) is 6.99. The number of nitrogens with zero attached hydrogens (tertiary/aromatic N) is 1. The zero-order chi connectivity index (χ0) is 14.2. The minimum absolute atomic E-state index is 0.0841. The lowest BCUT2D eigenvalue weighted by molar-refractivity contribution is 0.198. The predicted octanol–water partition coefficient (Wildman–Crippen LogP) is 1.18. The normalized spacial score (nSPS) is 16.2. The summed E-state index contributed by atoms with van der Waals surface area (Å²) in [5.41, 5.74) is -0.333. The van der Waals surface area contributed by atoms with Crippen LogP contribution in [0.25, 0.3) is 0 Å². The molecule has 0 heterocycles. The van der Waals surface area contributed by atoms with Crippen LogP contribution in [0.3, 0.4) is 0 Å². The van der Waals surface area contributed by atoms with Crippen molar-refractivity contribution in [1.29, 1.82) is 0 Å². The van der Waals surface area contributed by atoms with E-state index in [0.29, 0.717) is 6.42 Å². The second-order valence-corrected chi connectivity index (χ2v) is 5.48. The van der Waals surface area contributed by atoms with Gasteiger partial charge in [0.25, 0.3) is 0 Å². The van der Waals surface area contributed by atoms with E-state index in [2.05, 4.69) is 15.5 Å². The number of aliphatic hydroxyl groups excluding tert-OH is 1. The molecule has 0 aromatic rings. The summed E-state index contributed by atoms with van der Waals surface area (Å²) in [4.78, 5) is 13.9. The minimum atomic E-state index is -0.333. The molecular weight excluding hydrogens is 230 g/mol. The summed E-state index contributed by atoms with van der Waals surface area (Å²) in [5, 5.41) is 14.9. The second kappa shape index (κ2) is 8.32. The second-order valence-electron chi connectivity index (χ2n) is 5.48. The number of nitrogens with one attached hydrogen (secondary N) is 2. The average Bonchev–Trinajstić information content (AvgIpc) is 2.26. The van der Waals surface area contributed by atoms with Crippen LogP contribution in [-0.2, 0) is 0 Å². The third kappa shape index (κ3) is 7.50. The zero-order valence-corrected chi connectivity index (χ0v) is 12.4. The van der Waals surface area contributed by atoms with Gasteiger partial charge in [0.15, 0.2) is 0 Å². The molecule has 0 radical (unpaired) electrons. The van der Waals surface area contributed by atoms with Crippen molar-refractivity contribution in [3.63, 3.8) is 0 Å². The van der Waals surface area contributed by atoms with Gasteiger partial charge in [0.2, 0.25) is 0 Å². The fourth-order valence-electron chi connectivity index (χ4n) is 1.63. The quantitative estimate of drug-likeness (QED) is 0.613. The average molecular weight is 259 g/mol. The topological polar surface area (TPSA) is 64.6 Å². The lowest BCUT2D eigenvalue weighted by atomic mass is 9.95. The molecule has 2 amide bonds. The number of hydrogen-bond acceptors (Lipinski definition) is 3. The Bertz CT molecular complexity index is 246. The van der Waals surface area contributed by atoms with Crippen LogP contribution in [0.1, 0.15) is 40.0 Å². The van der Waals surface area contributed by atoms with Gasteiger partial charge in [-0.05, 0) is 53.8 Å². The van der Waals surface area contributed by atoms with E-state index in [1.54, 1.807) is 0 Å². The molecule has 5 nitrogen and oxygen atoms in total. The third-order valence-electron chi connectivity index (χ3n) is 3.25. The monoisotopic (exact) mass is 259 g/mol. The molecule has 0 aromatic heterocycles. The molecule has 0 fully saturated rings. The zero-order valence-electron chi connectivity index (χ0n) is 12.4. The van der Waals surface area contributed by atoms with Crippen LogP contribution in [0.4, 0.5) is 4.79 Å². The number of carbonyl (C=O) groups excluding carboxylic acids is 1. The van der Waals surface area contributed by atoms with Gasteiger partial charge in [0, 0.05) is 18.2 Å². The molecule has 0 saturated heterocycles. The van der Waals surface area contributed by atoms with Gasteiger partial charge in [0.1, 0.15) is 0 Å². The third-order valence-corrected chi connectivity index (χ3v) is 3.25. The van der Waals surface area contributed by atoms with Crippen LogP contribution in [0.15, 0.2) is 0 Å². The number of rotatable bonds is 8. The molecule has 0 bridgehead atoms. The highest BCUT2D eigenvalue weighted by Crippen LogP contribution is 2.13. The fraction of sp³-hybridized carbons (Fsp3) is 0.923. The first-order valence-electron chi connectivity index (χ1n) is 6.67. The van der Waals surface area contributed by atoms with Gasteiger partial charge in [-0.2, -0.15) is 0 Å². The summed E-state index contributed by atoms with van der Waals surface area (Å²) in [6, 6.07) is -0.0123. The van der Waals surface area contributed by atoms with Crippen molar-refractivity contribution in [2.45, 2.75) is 51.6 Å². The smallest absolute Gasteiger partial charge is 0.315 e. The van der Waals surface area contributed by atoms with Gasteiger partial charge in [-0.15, -0.1) is 0 Å². The van der Waals surface area contributed by atoms with E-state index in [-0.39, 0.29) is 24.2 Å². The van der Waals surface area contributed by atoms with Crippen LogP contribution in [0, 0.1) is 0 Å². The van der Waals surface area contributed by atoms with E-state index in [4.69, 9.17) is 5.11 Å². The molecule has 0 rings (SSSR count). The summed E-state index contributed by atoms with van der Waals surface area (Å²) < 4.78 is 0. The van der Waals surface area contributed by atoms with E-state index in [9.17, 15) is 4.79 Å². The Balaban J connectivity index is 4.08. The van der Waals surface area contributed by atoms with Crippen molar-refractivity contribution in [2.24, 2.45) is 0 Å². The molecule has 0 aromatic carbocycles. The molecule has 18 heavy (non-hydrogen) atoms. The van der Waals surface area contributed by atoms with E-state index >= 15 is 0 Å². The van der Waals surface area contributed by atoms with Crippen molar-refractivity contribution in [3.8, 4) is 0 Å². The van der Waals surface area contributed by atoms with Crippen LogP contribution in [0.5, 0.6) is 0 Å². The molecule has 2 unspecified atom stereocenters. The Morgan fingerprint density at radius 1 is 1.44 bits per heavy atom. The van der Waals surface area contributed by atoms with Crippen molar-refractivity contribution >= 4 is 6.03 Å². The van der Waals surface area contributed by atoms with E-state index < -0.39 is 0 Å². The Morgan fingerprint density at radius 3 is 2.50 bits per heavy atom. The van der Waals surface area contributed by atoms with Crippen LogP contribution >= 0.6 is 0 Å². The molecule has 2 atom stereocenters. The summed E-state index contributed by atoms with van der Waals surface area (Å²) in [5.74, 6) is 0. The predicted molar refractivity (Wildman–Crippen MR) is 74.7 cm³/mol. The lowest BCUT2D eigenvalue weighted by Gasteiger charge is -2.30. The molecule has 0 aliphatic rings. The van der Waals surface area contributed by atoms with Crippen LogP contribution in [-0.4, -0.2) is 54.9 Å². The van der Waals surface area contributed by atoms with Crippen molar-refractivity contribution in [1.82, 2.24) is 15.5 Å². The van der Waals surface area contributed by atoms with E-state index in [1.807, 2.05) is 34.9 Å². The van der Waals surface area contributed by atoms with Gasteiger partial charge >= 0.3 is 6.03 Å². The Morgan fingerprint density at radius 2 is 2.06 bits per heavy atom. The first kappa shape index (κ1) is 17.2. The molecule has 108 valence electrons. The van der Waals surface area contributed by atoms with Crippen molar-refractivity contribution < 1.29 is 9.90 Å². The summed E-state index contributed by atoms with van der Waals surface area (Å²) in [7, 11) is 4.03. The van der Waals surface area contributed by atoms with Crippen LogP contribution in [0.2, 0.25) is 0 Å². The highest BCUT2D eigenvalue weighted by atomic mass is 16.3. The Labute approximate surface area is 111 Å². The number of hydrogen-bond donors (Lipinski definition) is 3. The Hall–Kier alpha value is -0.810. The summed E-state index contributed by atoms with van der Waals surface area (Å²) >= 11 is 0. The molecule has 0 spiro atoms. The van der Waals surface area contributed by atoms with Crippen molar-refractivity contribution in [2.75, 3.05) is 27.2 Å². The molecular formula is C13H29N3O2. The molecule has 3 N–H and O–H groups in total. The maximum Gasteiger partial charge on any atom is 0.315 e. The highest BCUT2D eigenvalue weighted by molar-refractivity contribution is 5.75. The van der Waals surface area contributed by atoms with Gasteiger partial charge in [-0.3, -0.25) is 0 Å². The first-order chi connectivity index (χ1) is 8.33. The van der Waals surface area contributed by atoms with Gasteiger partial charge < -0.3 is 20.6 Å². The fourth-order valence-corrected chi connectivity index (χ4v) is 1.63. The van der Waals surface area contributed by atoms with E-state index in [1.165, 1.54) is 0 Å². The number of aliphatic hydroxyl groups is 1. The van der Waals surface area contributed by atoms with Crippen molar-refractivity contribution in [3.05, 3.63) is 0 Å². The Kier molecular flexibility index (Phi) is 7.95. The van der Waals surface area contributed by atoms with Crippen LogP contribution < -0.4 is 10.6 Å². The standard InChI is InChI=1S/C13H29N3O2/c1-6-13(3,8-10-17)15-12(18)14-11(2)7-9-16(4)5/h11,17H,6-10H2,1-5H3,(H2,14,15,18). The summed E-state index contributed by atoms with van der Waals surface area (Å²) in [6.07, 6.45) is 2.29. The molecule has 0 aliphatic carbocycles. The number of carbonyl (C=O) groups is 1. The van der Waals surface area contributed by atoms with Gasteiger partial charge in [0.05, 0.1) is 0 Å². The molecule has 0 saturated carbocycles. The van der Waals surface area contributed by atoms with E-state index in [0.717, 1.165) is 19.4 Å². The molecule has 0 aliphatic heterocycles. The first-order valence-corrected chi connectivity index (χ1v) is 6.67. The van der Waals surface area contributed by atoms with Gasteiger partial charge in [-0.1, -0.05) is 6.92 Å². The largest absolute Gasteiger partial charge is 0.396 e. The number of urea groups is 1. The lowest BCUT2D eigenvalue weighted by Crippen LogP contribution is -2.52. The molecule has 5 heteroatoms. The van der Waals surface area contributed by atoms with Gasteiger partial charge in [-0.25, -0.2) is 4.79 Å². The maximum atomic E-state index is 11.8. The SMILES string of the molecule is CCC(C)(CCO)NC(=O)NC(C)CCN(C)C. The maximum absolute atomic E-state index is 11.8. The number of amides is 2. The minimum Gasteiger partial charge on any atom is -0.396 e.